The first-order chi connectivity index (χ1) is 4.61. The molecule has 10 heavy (non-hydrogen) atoms. The van der Waals surface area contributed by atoms with Crippen molar-refractivity contribution in [1.29, 1.82) is 0 Å². The molecule has 0 spiro atoms. The van der Waals surface area contributed by atoms with E-state index in [0.717, 1.165) is 8.66 Å². The van der Waals surface area contributed by atoms with Gasteiger partial charge in [-0.05, 0) is 51.5 Å². The fourth-order valence-corrected chi connectivity index (χ4v) is 2.83. The van der Waals surface area contributed by atoms with E-state index in [2.05, 4.69) is 38.5 Å². The number of aliphatic hydroxyl groups is 1. The third kappa shape index (κ3) is 1.93. The maximum Gasteiger partial charge on any atom is 0.0854 e. The maximum atomic E-state index is 9.15. The molecule has 1 aromatic heterocycles. The zero-order valence-electron chi connectivity index (χ0n) is 5.27. The molecule has 1 nitrogen and oxygen atoms in total. The fourth-order valence-electron chi connectivity index (χ4n) is 0.569. The molecule has 1 unspecified atom stereocenters. The Bertz CT molecular complexity index is 214. The normalized spacial score (nSPS) is 13.6. The highest BCUT2D eigenvalue weighted by atomic mass is 127. The third-order valence-corrected chi connectivity index (χ3v) is 5.04. The number of hydrogen-bond donors (Lipinski definition) is 1. The first-order valence-corrected chi connectivity index (χ1v) is 5.43. The van der Waals surface area contributed by atoms with Crippen LogP contribution in [0.1, 0.15) is 17.9 Å². The summed E-state index contributed by atoms with van der Waals surface area (Å²) in [7, 11) is 0. The van der Waals surface area contributed by atoms with Gasteiger partial charge >= 0.3 is 0 Å². The minimum Gasteiger partial charge on any atom is -0.388 e. The van der Waals surface area contributed by atoms with Gasteiger partial charge in [0, 0.05) is 8.45 Å². The topological polar surface area (TPSA) is 20.2 Å². The molecule has 4 heteroatoms. The van der Waals surface area contributed by atoms with Gasteiger partial charge in [0.05, 0.1) is 9.89 Å². The second-order valence-electron chi connectivity index (χ2n) is 1.95. The Balaban J connectivity index is 2.98. The molecule has 1 heterocycles. The lowest BCUT2D eigenvalue weighted by atomic mass is 10.3. The lowest BCUT2D eigenvalue weighted by Gasteiger charge is -1.95. The molecule has 0 bridgehead atoms. The number of thiophene rings is 1. The lowest BCUT2D eigenvalue weighted by molar-refractivity contribution is 0.203. The Morgan fingerprint density at radius 1 is 1.80 bits per heavy atom. The summed E-state index contributed by atoms with van der Waals surface area (Å²) in [4.78, 5) is 1.01. The summed E-state index contributed by atoms with van der Waals surface area (Å²) in [6.07, 6.45) is -0.343. The third-order valence-electron chi connectivity index (χ3n) is 1.08. The number of aliphatic hydroxyl groups excluding tert-OH is 1. The van der Waals surface area contributed by atoms with Crippen LogP contribution in [0.25, 0.3) is 0 Å². The van der Waals surface area contributed by atoms with Crippen molar-refractivity contribution in [3.8, 4) is 0 Å². The highest BCUT2D eigenvalue weighted by molar-refractivity contribution is 14.1. The van der Waals surface area contributed by atoms with Crippen molar-refractivity contribution in [2.75, 3.05) is 0 Å². The molecule has 0 aliphatic heterocycles. The first-order valence-electron chi connectivity index (χ1n) is 2.74. The van der Waals surface area contributed by atoms with E-state index in [0.29, 0.717) is 0 Å². The van der Waals surface area contributed by atoms with E-state index in [1.165, 1.54) is 3.57 Å². The van der Waals surface area contributed by atoms with Crippen molar-refractivity contribution >= 4 is 49.9 Å². The van der Waals surface area contributed by atoms with Crippen LogP contribution in [0.4, 0.5) is 0 Å². The Morgan fingerprint density at radius 2 is 2.40 bits per heavy atom. The number of halogens is 2. The molecule has 0 aliphatic carbocycles. The van der Waals surface area contributed by atoms with E-state index in [1.54, 1.807) is 18.3 Å². The van der Waals surface area contributed by atoms with Gasteiger partial charge in [-0.2, -0.15) is 0 Å². The quantitative estimate of drug-likeness (QED) is 0.783. The second kappa shape index (κ2) is 3.51. The van der Waals surface area contributed by atoms with Crippen LogP contribution in [0.3, 0.4) is 0 Å². The van der Waals surface area contributed by atoms with Crippen LogP contribution < -0.4 is 0 Å². The van der Waals surface area contributed by atoms with E-state index < -0.39 is 0 Å². The van der Waals surface area contributed by atoms with Crippen molar-refractivity contribution in [1.82, 2.24) is 0 Å². The van der Waals surface area contributed by atoms with Crippen LogP contribution >= 0.6 is 49.9 Å². The Hall–Kier alpha value is 0.870. The first kappa shape index (κ1) is 8.96. The van der Waals surface area contributed by atoms with Crippen LogP contribution in [0, 0.1) is 3.57 Å². The Morgan fingerprint density at radius 3 is 2.60 bits per heavy atom. The molecular formula is C6H6BrIOS. The van der Waals surface area contributed by atoms with E-state index in [9.17, 15) is 0 Å². The minimum atomic E-state index is -0.343. The van der Waals surface area contributed by atoms with Crippen LogP contribution in [-0.2, 0) is 0 Å². The summed E-state index contributed by atoms with van der Waals surface area (Å²) in [5.41, 5.74) is 0. The van der Waals surface area contributed by atoms with Crippen molar-refractivity contribution in [2.45, 2.75) is 13.0 Å². The van der Waals surface area contributed by atoms with Gasteiger partial charge < -0.3 is 5.11 Å². The molecule has 56 valence electrons. The van der Waals surface area contributed by atoms with E-state index in [-0.39, 0.29) is 6.10 Å². The Kier molecular flexibility index (Phi) is 3.15. The largest absolute Gasteiger partial charge is 0.388 e. The summed E-state index contributed by atoms with van der Waals surface area (Å²) < 4.78 is 2.27. The molecule has 0 aliphatic rings. The van der Waals surface area contributed by atoms with Gasteiger partial charge in [0.2, 0.25) is 0 Å². The van der Waals surface area contributed by atoms with Crippen molar-refractivity contribution in [3.63, 3.8) is 0 Å². The summed E-state index contributed by atoms with van der Waals surface area (Å²) in [6.45, 7) is 1.77. The van der Waals surface area contributed by atoms with Crippen molar-refractivity contribution < 1.29 is 5.11 Å². The predicted octanol–water partition coefficient (Wildman–Crippen LogP) is 3.17. The van der Waals surface area contributed by atoms with E-state index in [1.807, 2.05) is 6.07 Å². The van der Waals surface area contributed by atoms with Gasteiger partial charge in [0.1, 0.15) is 0 Å². The maximum absolute atomic E-state index is 9.15. The fraction of sp³-hybridized carbons (Fsp3) is 0.333. The minimum absolute atomic E-state index is 0.343. The monoisotopic (exact) mass is 332 g/mol. The molecule has 1 rings (SSSR count). The molecule has 1 aromatic rings. The molecule has 0 saturated carbocycles. The van der Waals surface area contributed by atoms with Crippen LogP contribution in [0.2, 0.25) is 0 Å². The standard InChI is InChI=1S/C6H6BrIOS/c1-3(9)5-2-4(8)6(7)10-5/h2-3,9H,1H3. The molecule has 0 fully saturated rings. The number of rotatable bonds is 1. The van der Waals surface area contributed by atoms with Gasteiger partial charge in [-0.3, -0.25) is 0 Å². The molecular weight excluding hydrogens is 327 g/mol. The summed E-state index contributed by atoms with van der Waals surface area (Å²) >= 11 is 7.20. The summed E-state index contributed by atoms with van der Waals surface area (Å²) in [5, 5.41) is 9.15. The van der Waals surface area contributed by atoms with Crippen molar-refractivity contribution in [2.24, 2.45) is 0 Å². The van der Waals surface area contributed by atoms with Gasteiger partial charge in [-0.1, -0.05) is 0 Å². The van der Waals surface area contributed by atoms with Gasteiger partial charge in [0.15, 0.2) is 0 Å². The molecule has 1 N–H and O–H groups in total. The average molecular weight is 333 g/mol. The smallest absolute Gasteiger partial charge is 0.0854 e. The number of hydrogen-bond acceptors (Lipinski definition) is 2. The van der Waals surface area contributed by atoms with E-state index in [4.69, 9.17) is 5.11 Å². The summed E-state index contributed by atoms with van der Waals surface area (Å²) in [5.74, 6) is 0. The van der Waals surface area contributed by atoms with Gasteiger partial charge in [-0.15, -0.1) is 11.3 Å². The predicted molar refractivity (Wildman–Crippen MR) is 55.4 cm³/mol. The highest BCUT2D eigenvalue weighted by Gasteiger charge is 2.07. The molecule has 0 saturated heterocycles. The lowest BCUT2D eigenvalue weighted by Crippen LogP contribution is -1.83. The van der Waals surface area contributed by atoms with Gasteiger partial charge in [-0.25, -0.2) is 0 Å². The van der Waals surface area contributed by atoms with E-state index >= 15 is 0 Å². The molecule has 0 amide bonds. The van der Waals surface area contributed by atoms with Crippen molar-refractivity contribution in [3.05, 3.63) is 18.3 Å². The Labute approximate surface area is 85.7 Å². The summed E-state index contributed by atoms with van der Waals surface area (Å²) in [6, 6.07) is 1.99. The molecule has 0 radical (unpaired) electrons. The zero-order valence-corrected chi connectivity index (χ0v) is 9.83. The average Bonchev–Trinajstić information content (AvgIpc) is 2.13. The SMILES string of the molecule is CC(O)c1cc(I)c(Br)s1. The zero-order chi connectivity index (χ0) is 7.72. The van der Waals surface area contributed by atoms with Crippen LogP contribution in [0.15, 0.2) is 9.85 Å². The molecule has 1 atom stereocenters. The van der Waals surface area contributed by atoms with Gasteiger partial charge in [0.25, 0.3) is 0 Å². The molecule has 0 aromatic carbocycles. The van der Waals surface area contributed by atoms with Crippen LogP contribution in [-0.4, -0.2) is 5.11 Å². The highest BCUT2D eigenvalue weighted by Crippen LogP contribution is 2.32. The van der Waals surface area contributed by atoms with Crippen LogP contribution in [0.5, 0.6) is 0 Å². The second-order valence-corrected chi connectivity index (χ2v) is 5.51.